The van der Waals surface area contributed by atoms with Crippen molar-refractivity contribution in [1.29, 1.82) is 0 Å². The molecule has 2 heterocycles. The second kappa shape index (κ2) is 7.80. The number of carbonyl (C=O) groups is 1. The first kappa shape index (κ1) is 17.0. The molecule has 0 bridgehead atoms. The number of fused-ring (bicyclic) bond motifs is 1. The number of nitrogens with one attached hydrogen (secondary N) is 1. The van der Waals surface area contributed by atoms with Crippen molar-refractivity contribution in [3.05, 3.63) is 70.7 Å². The van der Waals surface area contributed by atoms with Gasteiger partial charge in [-0.3, -0.25) is 14.9 Å². The van der Waals surface area contributed by atoms with E-state index in [1.165, 1.54) is 23.9 Å². The standard InChI is InChI=1S/C17H16N4O3S/c22-17(12-25-15-6-4-14(5-7-15)21(23)24)18-9-8-13-11-20-10-2-1-3-16(20)19-13/h1-7,10-11H,8-9,12H2,(H,18,22). The highest BCUT2D eigenvalue weighted by molar-refractivity contribution is 8.00. The van der Waals surface area contributed by atoms with E-state index in [0.717, 1.165) is 16.2 Å². The van der Waals surface area contributed by atoms with E-state index in [4.69, 9.17) is 0 Å². The van der Waals surface area contributed by atoms with Crippen LogP contribution in [-0.2, 0) is 11.2 Å². The zero-order valence-electron chi connectivity index (χ0n) is 13.3. The molecule has 0 spiro atoms. The molecule has 7 nitrogen and oxygen atoms in total. The highest BCUT2D eigenvalue weighted by atomic mass is 32.2. The van der Waals surface area contributed by atoms with Crippen molar-refractivity contribution in [2.24, 2.45) is 0 Å². The lowest BCUT2D eigenvalue weighted by Gasteiger charge is -2.04. The molecule has 128 valence electrons. The van der Waals surface area contributed by atoms with Gasteiger partial charge in [0.25, 0.3) is 5.69 Å². The Morgan fingerprint density at radius 2 is 2.04 bits per heavy atom. The zero-order chi connectivity index (χ0) is 17.6. The van der Waals surface area contributed by atoms with Crippen LogP contribution in [0.1, 0.15) is 5.69 Å². The van der Waals surface area contributed by atoms with Crippen LogP contribution in [0.2, 0.25) is 0 Å². The van der Waals surface area contributed by atoms with Crippen molar-refractivity contribution < 1.29 is 9.72 Å². The van der Waals surface area contributed by atoms with Gasteiger partial charge in [-0.25, -0.2) is 4.98 Å². The zero-order valence-corrected chi connectivity index (χ0v) is 14.1. The molecular weight excluding hydrogens is 340 g/mol. The number of imidazole rings is 1. The largest absolute Gasteiger partial charge is 0.355 e. The minimum absolute atomic E-state index is 0.0428. The minimum Gasteiger partial charge on any atom is -0.355 e. The van der Waals surface area contributed by atoms with Crippen molar-refractivity contribution in [1.82, 2.24) is 14.7 Å². The SMILES string of the molecule is O=C(CSc1ccc([N+](=O)[O-])cc1)NCCc1cn2ccccc2n1. The predicted octanol–water partition coefficient (Wildman–Crippen LogP) is 2.69. The topological polar surface area (TPSA) is 89.5 Å². The van der Waals surface area contributed by atoms with Crippen LogP contribution in [0, 0.1) is 10.1 Å². The lowest BCUT2D eigenvalue weighted by molar-refractivity contribution is -0.384. The van der Waals surface area contributed by atoms with E-state index in [-0.39, 0.29) is 17.3 Å². The van der Waals surface area contributed by atoms with E-state index in [1.54, 1.807) is 12.1 Å². The van der Waals surface area contributed by atoms with Gasteiger partial charge in [0, 0.05) is 42.4 Å². The molecule has 1 N–H and O–H groups in total. The van der Waals surface area contributed by atoms with E-state index < -0.39 is 4.92 Å². The van der Waals surface area contributed by atoms with E-state index >= 15 is 0 Å². The van der Waals surface area contributed by atoms with E-state index in [1.807, 2.05) is 35.0 Å². The number of nitrogens with zero attached hydrogens (tertiary/aromatic N) is 3. The minimum atomic E-state index is -0.444. The molecule has 1 amide bonds. The normalized spacial score (nSPS) is 10.7. The molecule has 3 rings (SSSR count). The third kappa shape index (κ3) is 4.57. The van der Waals surface area contributed by atoms with Crippen LogP contribution >= 0.6 is 11.8 Å². The Hall–Kier alpha value is -2.87. The second-order valence-electron chi connectivity index (χ2n) is 5.34. The molecule has 0 fully saturated rings. The van der Waals surface area contributed by atoms with Crippen LogP contribution in [0.4, 0.5) is 5.69 Å². The summed E-state index contributed by atoms with van der Waals surface area (Å²) in [5, 5.41) is 13.5. The molecule has 0 aliphatic rings. The molecule has 0 saturated carbocycles. The highest BCUT2D eigenvalue weighted by Crippen LogP contribution is 2.21. The number of amides is 1. The lowest BCUT2D eigenvalue weighted by atomic mass is 10.3. The molecule has 8 heteroatoms. The summed E-state index contributed by atoms with van der Waals surface area (Å²) in [6, 6.07) is 12.0. The van der Waals surface area contributed by atoms with Crippen LogP contribution < -0.4 is 5.32 Å². The summed E-state index contributed by atoms with van der Waals surface area (Å²) in [7, 11) is 0. The Balaban J connectivity index is 1.42. The molecule has 0 aliphatic heterocycles. The van der Waals surface area contributed by atoms with Crippen molar-refractivity contribution in [2.45, 2.75) is 11.3 Å². The number of non-ortho nitro benzene ring substituents is 1. The number of thioether (sulfide) groups is 1. The number of pyridine rings is 1. The average Bonchev–Trinajstić information content (AvgIpc) is 3.03. The fourth-order valence-electron chi connectivity index (χ4n) is 2.30. The summed E-state index contributed by atoms with van der Waals surface area (Å²) >= 11 is 1.34. The smallest absolute Gasteiger partial charge is 0.269 e. The van der Waals surface area contributed by atoms with Gasteiger partial charge >= 0.3 is 0 Å². The van der Waals surface area contributed by atoms with Gasteiger partial charge in [0.15, 0.2) is 0 Å². The molecule has 25 heavy (non-hydrogen) atoms. The number of aromatic nitrogens is 2. The van der Waals surface area contributed by atoms with Crippen molar-refractivity contribution in [3.8, 4) is 0 Å². The van der Waals surface area contributed by atoms with Crippen LogP contribution in [0.25, 0.3) is 5.65 Å². The first-order valence-electron chi connectivity index (χ1n) is 7.68. The number of nitro benzene ring substituents is 1. The Kier molecular flexibility index (Phi) is 5.30. The van der Waals surface area contributed by atoms with Crippen molar-refractivity contribution in [2.75, 3.05) is 12.3 Å². The Morgan fingerprint density at radius 3 is 2.76 bits per heavy atom. The van der Waals surface area contributed by atoms with Crippen molar-refractivity contribution >= 4 is 29.0 Å². The summed E-state index contributed by atoms with van der Waals surface area (Å²) in [6.45, 7) is 0.517. The fraction of sp³-hybridized carbons (Fsp3) is 0.176. The van der Waals surface area contributed by atoms with Gasteiger partial charge in [-0.05, 0) is 24.3 Å². The number of hydrogen-bond acceptors (Lipinski definition) is 5. The summed E-state index contributed by atoms with van der Waals surface area (Å²) in [6.07, 6.45) is 4.55. The van der Waals surface area contributed by atoms with Gasteiger partial charge in [-0.15, -0.1) is 11.8 Å². The van der Waals surface area contributed by atoms with Gasteiger partial charge in [0.05, 0.1) is 16.4 Å². The predicted molar refractivity (Wildman–Crippen MR) is 95.7 cm³/mol. The van der Waals surface area contributed by atoms with Crippen LogP contribution in [0.15, 0.2) is 59.8 Å². The number of carbonyl (C=O) groups excluding carboxylic acids is 1. The molecule has 0 saturated heterocycles. The first-order chi connectivity index (χ1) is 12.1. The molecule has 3 aromatic rings. The van der Waals surface area contributed by atoms with Gasteiger partial charge in [0.2, 0.25) is 5.91 Å². The maximum absolute atomic E-state index is 11.9. The maximum Gasteiger partial charge on any atom is 0.269 e. The Bertz CT molecular complexity index is 859. The summed E-state index contributed by atoms with van der Waals surface area (Å²) < 4.78 is 1.95. The van der Waals surface area contributed by atoms with Crippen LogP contribution in [0.5, 0.6) is 0 Å². The molecule has 0 radical (unpaired) electrons. The fourth-order valence-corrected chi connectivity index (χ4v) is 3.03. The Labute approximate surface area is 148 Å². The van der Waals surface area contributed by atoms with E-state index in [0.29, 0.717) is 13.0 Å². The monoisotopic (exact) mass is 356 g/mol. The molecular formula is C17H16N4O3S. The summed E-state index contributed by atoms with van der Waals surface area (Å²) in [4.78, 5) is 27.3. The number of hydrogen-bond donors (Lipinski definition) is 1. The average molecular weight is 356 g/mol. The number of rotatable bonds is 7. The van der Waals surface area contributed by atoms with Gasteiger partial charge < -0.3 is 9.72 Å². The summed E-state index contributed by atoms with van der Waals surface area (Å²) in [5.74, 6) is 0.190. The third-order valence-electron chi connectivity index (χ3n) is 3.53. The van der Waals surface area contributed by atoms with Crippen molar-refractivity contribution in [3.63, 3.8) is 0 Å². The second-order valence-corrected chi connectivity index (χ2v) is 6.39. The molecule has 0 unspecified atom stereocenters. The molecule has 1 aromatic carbocycles. The maximum atomic E-state index is 11.9. The van der Waals surface area contributed by atoms with Crippen LogP contribution in [0.3, 0.4) is 0 Å². The number of nitro groups is 1. The van der Waals surface area contributed by atoms with Gasteiger partial charge in [-0.1, -0.05) is 6.07 Å². The van der Waals surface area contributed by atoms with Gasteiger partial charge in [0.1, 0.15) is 5.65 Å². The van der Waals surface area contributed by atoms with Gasteiger partial charge in [-0.2, -0.15) is 0 Å². The first-order valence-corrected chi connectivity index (χ1v) is 8.67. The molecule has 0 atom stereocenters. The molecule has 2 aromatic heterocycles. The van der Waals surface area contributed by atoms with E-state index in [9.17, 15) is 14.9 Å². The molecule has 0 aliphatic carbocycles. The third-order valence-corrected chi connectivity index (χ3v) is 4.55. The lowest BCUT2D eigenvalue weighted by Crippen LogP contribution is -2.27. The quantitative estimate of drug-likeness (QED) is 0.399. The highest BCUT2D eigenvalue weighted by Gasteiger charge is 2.07. The number of benzene rings is 1. The summed E-state index contributed by atoms with van der Waals surface area (Å²) in [5.41, 5.74) is 1.85. The van der Waals surface area contributed by atoms with E-state index in [2.05, 4.69) is 10.3 Å². The van der Waals surface area contributed by atoms with Crippen LogP contribution in [-0.4, -0.2) is 32.5 Å². The Morgan fingerprint density at radius 1 is 1.24 bits per heavy atom.